The van der Waals surface area contributed by atoms with Crippen molar-refractivity contribution in [3.8, 4) is 5.75 Å². The van der Waals surface area contributed by atoms with Crippen molar-refractivity contribution < 1.29 is 4.74 Å². The number of hydrogen-bond acceptors (Lipinski definition) is 5. The number of H-pyrrole nitrogens is 1. The van der Waals surface area contributed by atoms with E-state index >= 15 is 0 Å². The van der Waals surface area contributed by atoms with Gasteiger partial charge in [0.1, 0.15) is 16.0 Å². The molecule has 6 nitrogen and oxygen atoms in total. The lowest BCUT2D eigenvalue weighted by molar-refractivity contribution is 0.410. The van der Waals surface area contributed by atoms with Gasteiger partial charge in [-0.2, -0.15) is 0 Å². The summed E-state index contributed by atoms with van der Waals surface area (Å²) in [7, 11) is 1.59. The van der Waals surface area contributed by atoms with E-state index in [0.717, 1.165) is 11.3 Å². The topological polar surface area (TPSA) is 93.0 Å². The summed E-state index contributed by atoms with van der Waals surface area (Å²) in [4.78, 5) is 17.9. The lowest BCUT2D eigenvalue weighted by atomic mass is 10.2. The average Bonchev–Trinajstić information content (AvgIpc) is 2.40. The number of anilines is 2. The largest absolute Gasteiger partial charge is 0.496 e. The van der Waals surface area contributed by atoms with Gasteiger partial charge in [-0.05, 0) is 34.1 Å². The SMILES string of the molecule is COc1ccc(N)cc1CNc1nc[nH]c(=O)c1Br. The van der Waals surface area contributed by atoms with E-state index in [2.05, 4.69) is 31.2 Å². The highest BCUT2D eigenvalue weighted by atomic mass is 79.9. The van der Waals surface area contributed by atoms with Crippen LogP contribution >= 0.6 is 15.9 Å². The van der Waals surface area contributed by atoms with E-state index in [1.165, 1.54) is 6.33 Å². The minimum Gasteiger partial charge on any atom is -0.496 e. The van der Waals surface area contributed by atoms with Crippen LogP contribution in [0.3, 0.4) is 0 Å². The molecule has 1 aromatic carbocycles. The molecular formula is C12H13BrN4O2. The first kappa shape index (κ1) is 13.4. The summed E-state index contributed by atoms with van der Waals surface area (Å²) in [6, 6.07) is 5.38. The van der Waals surface area contributed by atoms with Crippen LogP contribution in [0.5, 0.6) is 5.75 Å². The molecule has 7 heteroatoms. The first-order valence-corrected chi connectivity index (χ1v) is 6.30. The predicted octanol–water partition coefficient (Wildman–Crippen LogP) is 1.74. The maximum Gasteiger partial charge on any atom is 0.267 e. The van der Waals surface area contributed by atoms with Gasteiger partial charge >= 0.3 is 0 Å². The fourth-order valence-electron chi connectivity index (χ4n) is 1.62. The van der Waals surface area contributed by atoms with Crippen molar-refractivity contribution in [1.82, 2.24) is 9.97 Å². The zero-order valence-corrected chi connectivity index (χ0v) is 11.8. The molecule has 0 spiro atoms. The molecule has 2 aromatic rings. The molecule has 0 saturated carbocycles. The molecule has 1 heterocycles. The number of benzene rings is 1. The lowest BCUT2D eigenvalue weighted by Gasteiger charge is -2.11. The molecule has 4 N–H and O–H groups in total. The molecule has 0 fully saturated rings. The van der Waals surface area contributed by atoms with Gasteiger partial charge in [0.15, 0.2) is 0 Å². The Bertz CT molecular complexity index is 642. The molecule has 0 saturated heterocycles. The zero-order valence-electron chi connectivity index (χ0n) is 10.2. The van der Waals surface area contributed by atoms with E-state index in [0.29, 0.717) is 22.5 Å². The number of aromatic amines is 1. The van der Waals surface area contributed by atoms with Crippen molar-refractivity contribution in [1.29, 1.82) is 0 Å². The second kappa shape index (κ2) is 5.75. The van der Waals surface area contributed by atoms with Crippen LogP contribution < -0.4 is 21.3 Å². The van der Waals surface area contributed by atoms with Crippen LogP contribution in [0.4, 0.5) is 11.5 Å². The smallest absolute Gasteiger partial charge is 0.267 e. The molecule has 1 aromatic heterocycles. The number of halogens is 1. The Morgan fingerprint density at radius 3 is 3.05 bits per heavy atom. The zero-order chi connectivity index (χ0) is 13.8. The van der Waals surface area contributed by atoms with E-state index in [9.17, 15) is 4.79 Å². The average molecular weight is 325 g/mol. The Labute approximate surface area is 118 Å². The number of nitrogens with zero attached hydrogens (tertiary/aromatic N) is 1. The highest BCUT2D eigenvalue weighted by Gasteiger charge is 2.07. The molecule has 19 heavy (non-hydrogen) atoms. The Balaban J connectivity index is 2.21. The van der Waals surface area contributed by atoms with Crippen LogP contribution in [-0.2, 0) is 6.54 Å². The third-order valence-corrected chi connectivity index (χ3v) is 3.28. The summed E-state index contributed by atoms with van der Waals surface area (Å²) >= 11 is 3.18. The Morgan fingerprint density at radius 2 is 2.32 bits per heavy atom. The maximum atomic E-state index is 11.4. The van der Waals surface area contributed by atoms with Crippen LogP contribution in [0.15, 0.2) is 33.8 Å². The number of aromatic nitrogens is 2. The third-order valence-electron chi connectivity index (χ3n) is 2.55. The van der Waals surface area contributed by atoms with Crippen molar-refractivity contribution >= 4 is 27.4 Å². The minimum atomic E-state index is -0.239. The van der Waals surface area contributed by atoms with Gasteiger partial charge in [0, 0.05) is 17.8 Å². The van der Waals surface area contributed by atoms with Crippen molar-refractivity contribution in [2.75, 3.05) is 18.2 Å². The van der Waals surface area contributed by atoms with Crippen molar-refractivity contribution in [2.45, 2.75) is 6.54 Å². The van der Waals surface area contributed by atoms with Gasteiger partial charge in [-0.1, -0.05) is 0 Å². The summed E-state index contributed by atoms with van der Waals surface area (Å²) in [6.07, 6.45) is 1.34. The Hall–Kier alpha value is -2.02. The number of hydrogen-bond donors (Lipinski definition) is 3. The number of nitrogens with two attached hydrogens (primary N) is 1. The monoisotopic (exact) mass is 324 g/mol. The van der Waals surface area contributed by atoms with E-state index in [-0.39, 0.29) is 5.56 Å². The van der Waals surface area contributed by atoms with E-state index in [1.807, 2.05) is 6.07 Å². The molecule has 0 radical (unpaired) electrons. The van der Waals surface area contributed by atoms with Gasteiger partial charge in [0.25, 0.3) is 5.56 Å². The number of methoxy groups -OCH3 is 1. The predicted molar refractivity (Wildman–Crippen MR) is 77.3 cm³/mol. The number of rotatable bonds is 4. The van der Waals surface area contributed by atoms with E-state index in [4.69, 9.17) is 10.5 Å². The third kappa shape index (κ3) is 3.05. The normalized spacial score (nSPS) is 10.2. The van der Waals surface area contributed by atoms with Crippen LogP contribution in [0.25, 0.3) is 0 Å². The summed E-state index contributed by atoms with van der Waals surface area (Å²) < 4.78 is 5.61. The van der Waals surface area contributed by atoms with Gasteiger partial charge in [-0.3, -0.25) is 4.79 Å². The van der Waals surface area contributed by atoms with Gasteiger partial charge in [-0.25, -0.2) is 4.98 Å². The molecule has 2 rings (SSSR count). The first-order valence-electron chi connectivity index (χ1n) is 5.51. The van der Waals surface area contributed by atoms with Crippen LogP contribution in [0.1, 0.15) is 5.56 Å². The molecule has 0 aliphatic heterocycles. The van der Waals surface area contributed by atoms with Gasteiger partial charge in [0.05, 0.1) is 13.4 Å². The summed E-state index contributed by atoms with van der Waals surface area (Å²) in [5, 5.41) is 3.06. The quantitative estimate of drug-likeness (QED) is 0.745. The highest BCUT2D eigenvalue weighted by Crippen LogP contribution is 2.22. The molecule has 0 aliphatic carbocycles. The first-order chi connectivity index (χ1) is 9.11. The van der Waals surface area contributed by atoms with Crippen molar-refractivity contribution in [2.24, 2.45) is 0 Å². The van der Waals surface area contributed by atoms with E-state index < -0.39 is 0 Å². The van der Waals surface area contributed by atoms with Gasteiger partial charge < -0.3 is 20.8 Å². The summed E-state index contributed by atoms with van der Waals surface area (Å²) in [6.45, 7) is 0.448. The highest BCUT2D eigenvalue weighted by molar-refractivity contribution is 9.10. The molecule has 0 aliphatic rings. The van der Waals surface area contributed by atoms with Crippen molar-refractivity contribution in [3.63, 3.8) is 0 Å². The van der Waals surface area contributed by atoms with Gasteiger partial charge in [-0.15, -0.1) is 0 Å². The molecule has 100 valence electrons. The van der Waals surface area contributed by atoms with Crippen LogP contribution in [0, 0.1) is 0 Å². The standard InChI is InChI=1S/C12H13BrN4O2/c1-19-9-3-2-8(14)4-7(9)5-15-11-10(13)12(18)17-6-16-11/h2-4,6H,5,14H2,1H3,(H2,15,16,17,18). The summed E-state index contributed by atoms with van der Waals surface area (Å²) in [5.41, 5.74) is 7.04. The Kier molecular flexibility index (Phi) is 4.06. The van der Waals surface area contributed by atoms with Crippen LogP contribution in [-0.4, -0.2) is 17.1 Å². The molecule has 0 atom stereocenters. The fraction of sp³-hybridized carbons (Fsp3) is 0.167. The molecule has 0 amide bonds. The second-order valence-corrected chi connectivity index (χ2v) is 4.61. The molecule has 0 unspecified atom stereocenters. The molecule has 0 bridgehead atoms. The van der Waals surface area contributed by atoms with Gasteiger partial charge in [0.2, 0.25) is 0 Å². The molecular weight excluding hydrogens is 312 g/mol. The number of nitrogen functional groups attached to an aromatic ring is 1. The fourth-order valence-corrected chi connectivity index (χ4v) is 1.98. The maximum absolute atomic E-state index is 11.4. The Morgan fingerprint density at radius 1 is 1.53 bits per heavy atom. The van der Waals surface area contributed by atoms with Crippen LogP contribution in [0.2, 0.25) is 0 Å². The van der Waals surface area contributed by atoms with Crippen molar-refractivity contribution in [3.05, 3.63) is 44.9 Å². The summed E-state index contributed by atoms with van der Waals surface area (Å²) in [5.74, 6) is 1.19. The number of nitrogens with one attached hydrogen (secondary N) is 2. The number of ether oxygens (including phenoxy) is 1. The van der Waals surface area contributed by atoms with E-state index in [1.54, 1.807) is 19.2 Å². The second-order valence-electron chi connectivity index (χ2n) is 3.82. The minimum absolute atomic E-state index is 0.239. The lowest BCUT2D eigenvalue weighted by Crippen LogP contribution is -2.12.